The van der Waals surface area contributed by atoms with Crippen LogP contribution in [0, 0.1) is 0 Å². The largest absolute Gasteiger partial charge is 0.496 e. The van der Waals surface area contributed by atoms with Crippen LogP contribution in [0.25, 0.3) is 0 Å². The van der Waals surface area contributed by atoms with Crippen molar-refractivity contribution in [2.75, 3.05) is 26.1 Å². The summed E-state index contributed by atoms with van der Waals surface area (Å²) in [7, 11) is 1.48. The van der Waals surface area contributed by atoms with Crippen LogP contribution in [0.1, 0.15) is 10.4 Å². The summed E-state index contributed by atoms with van der Waals surface area (Å²) in [6.07, 6.45) is -0.144. The lowest BCUT2D eigenvalue weighted by Crippen LogP contribution is -2.37. The van der Waals surface area contributed by atoms with Gasteiger partial charge in [0.15, 0.2) is 0 Å². The number of hydrogen-bond acceptors (Lipinski definition) is 5. The van der Waals surface area contributed by atoms with Crippen molar-refractivity contribution in [2.45, 2.75) is 6.10 Å². The molecule has 0 aliphatic carbocycles. The van der Waals surface area contributed by atoms with Crippen LogP contribution in [0.3, 0.4) is 0 Å². The Hall–Kier alpha value is -1.75. The Balaban J connectivity index is 2.14. The molecule has 5 heteroatoms. The molecule has 86 valence electrons. The topological polar surface area (TPSA) is 70.8 Å². The van der Waals surface area contributed by atoms with E-state index in [9.17, 15) is 4.79 Å². The normalized spacial score (nSPS) is 15.3. The molecule has 0 spiro atoms. The molecule has 0 bridgehead atoms. The third kappa shape index (κ3) is 2.09. The molecule has 0 saturated carbocycles. The fourth-order valence-electron chi connectivity index (χ4n) is 1.37. The van der Waals surface area contributed by atoms with E-state index in [1.807, 2.05) is 0 Å². The zero-order valence-corrected chi connectivity index (χ0v) is 8.93. The number of esters is 1. The van der Waals surface area contributed by atoms with Crippen LogP contribution in [0.2, 0.25) is 0 Å². The van der Waals surface area contributed by atoms with Gasteiger partial charge in [-0.15, -0.1) is 0 Å². The van der Waals surface area contributed by atoms with Crippen molar-refractivity contribution in [3.63, 3.8) is 0 Å². The molecule has 0 aromatic heterocycles. The summed E-state index contributed by atoms with van der Waals surface area (Å²) >= 11 is 0. The predicted molar refractivity (Wildman–Crippen MR) is 57.4 cm³/mol. The van der Waals surface area contributed by atoms with Crippen molar-refractivity contribution < 1.29 is 19.0 Å². The summed E-state index contributed by atoms with van der Waals surface area (Å²) in [4.78, 5) is 11.7. The fourth-order valence-corrected chi connectivity index (χ4v) is 1.37. The van der Waals surface area contributed by atoms with Gasteiger partial charge in [-0.3, -0.25) is 0 Å². The fraction of sp³-hybridized carbons (Fsp3) is 0.364. The van der Waals surface area contributed by atoms with Crippen LogP contribution < -0.4 is 10.5 Å². The Morgan fingerprint density at radius 3 is 2.81 bits per heavy atom. The van der Waals surface area contributed by atoms with E-state index in [0.29, 0.717) is 30.2 Å². The van der Waals surface area contributed by atoms with Crippen molar-refractivity contribution in [3.8, 4) is 5.75 Å². The maximum Gasteiger partial charge on any atom is 0.342 e. The lowest BCUT2D eigenvalue weighted by Gasteiger charge is -2.25. The first kappa shape index (κ1) is 10.8. The van der Waals surface area contributed by atoms with Gasteiger partial charge in [-0.05, 0) is 12.1 Å². The molecule has 2 N–H and O–H groups in total. The van der Waals surface area contributed by atoms with E-state index in [4.69, 9.17) is 19.9 Å². The number of rotatable bonds is 3. The van der Waals surface area contributed by atoms with E-state index in [1.165, 1.54) is 7.11 Å². The zero-order chi connectivity index (χ0) is 11.5. The number of carbonyl (C=O) groups excluding carboxylic acids is 1. The number of nitrogens with two attached hydrogens (primary N) is 1. The average Bonchev–Trinajstić information content (AvgIpc) is 2.23. The summed E-state index contributed by atoms with van der Waals surface area (Å²) in [5, 5.41) is 0. The maximum atomic E-state index is 11.7. The van der Waals surface area contributed by atoms with E-state index < -0.39 is 5.97 Å². The van der Waals surface area contributed by atoms with E-state index in [2.05, 4.69) is 0 Å². The smallest absolute Gasteiger partial charge is 0.342 e. The summed E-state index contributed by atoms with van der Waals surface area (Å²) in [6, 6.07) is 4.82. The minimum Gasteiger partial charge on any atom is -0.496 e. The Morgan fingerprint density at radius 2 is 2.25 bits per heavy atom. The standard InChI is InChI=1S/C11H13NO4/c1-14-10-4-7(12)2-3-9(10)11(13)16-8-5-15-6-8/h2-4,8H,5-6,12H2,1H3. The lowest BCUT2D eigenvalue weighted by atomic mass is 10.2. The van der Waals surface area contributed by atoms with Crippen molar-refractivity contribution in [2.24, 2.45) is 0 Å². The molecule has 5 nitrogen and oxygen atoms in total. The first-order valence-electron chi connectivity index (χ1n) is 4.93. The molecule has 1 aliphatic heterocycles. The average molecular weight is 223 g/mol. The molecule has 1 aromatic carbocycles. The number of methoxy groups -OCH3 is 1. The van der Waals surface area contributed by atoms with E-state index in [0.717, 1.165) is 0 Å². The number of nitrogen functional groups attached to an aromatic ring is 1. The highest BCUT2D eigenvalue weighted by Gasteiger charge is 2.24. The Morgan fingerprint density at radius 1 is 1.50 bits per heavy atom. The second-order valence-electron chi connectivity index (χ2n) is 3.52. The Kier molecular flexibility index (Phi) is 2.96. The number of ether oxygens (including phenoxy) is 3. The minimum atomic E-state index is -0.412. The lowest BCUT2D eigenvalue weighted by molar-refractivity contribution is -0.103. The van der Waals surface area contributed by atoms with Crippen molar-refractivity contribution in [1.29, 1.82) is 0 Å². The molecular formula is C11H13NO4. The molecule has 0 unspecified atom stereocenters. The van der Waals surface area contributed by atoms with E-state index in [-0.39, 0.29) is 6.10 Å². The first-order chi connectivity index (χ1) is 7.70. The van der Waals surface area contributed by atoms with Gasteiger partial charge in [0.25, 0.3) is 0 Å². The molecule has 1 aromatic rings. The first-order valence-corrected chi connectivity index (χ1v) is 4.93. The maximum absolute atomic E-state index is 11.7. The third-order valence-electron chi connectivity index (χ3n) is 2.33. The zero-order valence-electron chi connectivity index (χ0n) is 8.93. The summed E-state index contributed by atoms with van der Waals surface area (Å²) in [5.41, 5.74) is 6.51. The molecule has 1 aliphatic rings. The molecule has 1 heterocycles. The molecular weight excluding hydrogens is 210 g/mol. The van der Waals surface area contributed by atoms with E-state index >= 15 is 0 Å². The molecule has 0 amide bonds. The van der Waals surface area contributed by atoms with Crippen LogP contribution in [0.5, 0.6) is 5.75 Å². The van der Waals surface area contributed by atoms with Gasteiger partial charge in [0.2, 0.25) is 0 Å². The van der Waals surface area contributed by atoms with Crippen LogP contribution in [-0.4, -0.2) is 32.4 Å². The van der Waals surface area contributed by atoms with Gasteiger partial charge >= 0.3 is 5.97 Å². The van der Waals surface area contributed by atoms with Gasteiger partial charge in [-0.25, -0.2) is 4.79 Å². The minimum absolute atomic E-state index is 0.144. The van der Waals surface area contributed by atoms with Crippen molar-refractivity contribution >= 4 is 11.7 Å². The molecule has 1 fully saturated rings. The summed E-state index contributed by atoms with van der Waals surface area (Å²) in [5.74, 6) is 0.00962. The second-order valence-corrected chi connectivity index (χ2v) is 3.52. The van der Waals surface area contributed by atoms with Crippen LogP contribution >= 0.6 is 0 Å². The molecule has 0 atom stereocenters. The Bertz CT molecular complexity index is 401. The molecule has 0 radical (unpaired) electrons. The van der Waals surface area contributed by atoms with Gasteiger partial charge in [-0.2, -0.15) is 0 Å². The highest BCUT2D eigenvalue weighted by Crippen LogP contribution is 2.23. The molecule has 2 rings (SSSR count). The molecule has 16 heavy (non-hydrogen) atoms. The second kappa shape index (κ2) is 4.40. The van der Waals surface area contributed by atoms with Crippen molar-refractivity contribution in [1.82, 2.24) is 0 Å². The Labute approximate surface area is 93.1 Å². The number of anilines is 1. The van der Waals surface area contributed by atoms with Gasteiger partial charge in [-0.1, -0.05) is 0 Å². The number of carbonyl (C=O) groups is 1. The SMILES string of the molecule is COc1cc(N)ccc1C(=O)OC1COC1. The van der Waals surface area contributed by atoms with E-state index in [1.54, 1.807) is 18.2 Å². The third-order valence-corrected chi connectivity index (χ3v) is 2.33. The van der Waals surface area contributed by atoms with Gasteiger partial charge in [0.1, 0.15) is 17.4 Å². The highest BCUT2D eigenvalue weighted by atomic mass is 16.6. The summed E-state index contributed by atoms with van der Waals surface area (Å²) in [6.45, 7) is 0.923. The van der Waals surface area contributed by atoms with Gasteiger partial charge in [0.05, 0.1) is 20.3 Å². The highest BCUT2D eigenvalue weighted by molar-refractivity contribution is 5.93. The predicted octanol–water partition coefficient (Wildman–Crippen LogP) is 0.833. The van der Waals surface area contributed by atoms with Crippen LogP contribution in [0.15, 0.2) is 18.2 Å². The van der Waals surface area contributed by atoms with Crippen molar-refractivity contribution in [3.05, 3.63) is 23.8 Å². The number of hydrogen-bond donors (Lipinski definition) is 1. The van der Waals surface area contributed by atoms with Gasteiger partial charge in [0, 0.05) is 11.8 Å². The number of benzene rings is 1. The van der Waals surface area contributed by atoms with Gasteiger partial charge < -0.3 is 19.9 Å². The van der Waals surface area contributed by atoms with Crippen LogP contribution in [-0.2, 0) is 9.47 Å². The molecule has 1 saturated heterocycles. The quantitative estimate of drug-likeness (QED) is 0.607. The van der Waals surface area contributed by atoms with Crippen LogP contribution in [0.4, 0.5) is 5.69 Å². The monoisotopic (exact) mass is 223 g/mol. The summed E-state index contributed by atoms with van der Waals surface area (Å²) < 4.78 is 15.2.